The fourth-order valence-electron chi connectivity index (χ4n) is 2.86. The van der Waals surface area contributed by atoms with Crippen molar-refractivity contribution in [2.24, 2.45) is 10.7 Å². The summed E-state index contributed by atoms with van der Waals surface area (Å²) in [4.78, 5) is 4.52. The maximum absolute atomic E-state index is 6.37. The average Bonchev–Trinajstić information content (AvgIpc) is 2.39. The number of guanidine groups is 1. The first-order valence-corrected chi connectivity index (χ1v) is 8.23. The zero-order chi connectivity index (χ0) is 16.2. The van der Waals surface area contributed by atoms with Crippen molar-refractivity contribution >= 4 is 53.1 Å². The van der Waals surface area contributed by atoms with Crippen LogP contribution in [0.2, 0.25) is 10.0 Å². The molecule has 1 saturated carbocycles. The third-order valence-corrected chi connectivity index (χ3v) is 4.72. The molecule has 1 unspecified atom stereocenters. The summed E-state index contributed by atoms with van der Waals surface area (Å²) in [6.07, 6.45) is 3.32. The minimum atomic E-state index is -0.0154. The Hall–Kier alpha value is -0.240. The molecule has 2 rings (SSSR count). The first kappa shape index (κ1) is 20.8. The van der Waals surface area contributed by atoms with Gasteiger partial charge in [0.15, 0.2) is 5.96 Å². The summed E-state index contributed by atoms with van der Waals surface area (Å²) in [5.41, 5.74) is 7.06. The van der Waals surface area contributed by atoms with E-state index in [1.807, 2.05) is 19.1 Å². The number of benzene rings is 1. The van der Waals surface area contributed by atoms with Gasteiger partial charge < -0.3 is 15.8 Å². The van der Waals surface area contributed by atoms with E-state index in [-0.39, 0.29) is 35.4 Å². The van der Waals surface area contributed by atoms with E-state index in [0.717, 1.165) is 18.4 Å². The molecule has 1 aliphatic rings. The van der Waals surface area contributed by atoms with Gasteiger partial charge in [-0.3, -0.25) is 4.99 Å². The molecular weight excluding hydrogens is 448 g/mol. The highest BCUT2D eigenvalue weighted by atomic mass is 127. The lowest BCUT2D eigenvalue weighted by molar-refractivity contribution is 0.179. The molecule has 1 aromatic rings. The number of nitrogens with two attached hydrogens (primary N) is 1. The van der Waals surface area contributed by atoms with Crippen LogP contribution < -0.4 is 11.1 Å². The van der Waals surface area contributed by atoms with Crippen LogP contribution in [0.15, 0.2) is 23.2 Å². The first-order valence-electron chi connectivity index (χ1n) is 7.48. The Morgan fingerprint density at radius 2 is 2.13 bits per heavy atom. The minimum Gasteiger partial charge on any atom is -0.383 e. The molecule has 0 bridgehead atoms. The summed E-state index contributed by atoms with van der Waals surface area (Å²) in [5, 5.41) is 4.49. The van der Waals surface area contributed by atoms with Crippen molar-refractivity contribution in [2.75, 3.05) is 20.3 Å². The molecule has 4 nitrogen and oxygen atoms in total. The van der Waals surface area contributed by atoms with Gasteiger partial charge in [0.2, 0.25) is 0 Å². The van der Waals surface area contributed by atoms with Crippen LogP contribution in [0.1, 0.15) is 31.7 Å². The molecule has 0 heterocycles. The topological polar surface area (TPSA) is 59.6 Å². The molecule has 1 aromatic carbocycles. The van der Waals surface area contributed by atoms with E-state index in [4.69, 9.17) is 33.7 Å². The molecule has 0 aromatic heterocycles. The van der Waals surface area contributed by atoms with Crippen LogP contribution in [0.3, 0.4) is 0 Å². The second kappa shape index (κ2) is 9.30. The third kappa shape index (κ3) is 5.37. The number of methoxy groups -OCH3 is 1. The Bertz CT molecular complexity index is 550. The van der Waals surface area contributed by atoms with Gasteiger partial charge in [-0.2, -0.15) is 0 Å². The van der Waals surface area contributed by atoms with Gasteiger partial charge in [0.05, 0.1) is 13.2 Å². The number of aliphatic imine (C=N–C) groups is 1. The van der Waals surface area contributed by atoms with Crippen LogP contribution >= 0.6 is 47.2 Å². The van der Waals surface area contributed by atoms with Gasteiger partial charge in [-0.25, -0.2) is 0 Å². The molecule has 130 valence electrons. The molecule has 0 amide bonds. The lowest BCUT2D eigenvalue weighted by Gasteiger charge is -2.42. The van der Waals surface area contributed by atoms with Gasteiger partial charge in [-0.15, -0.1) is 24.0 Å². The normalized spacial score (nSPS) is 17.8. The summed E-state index contributed by atoms with van der Waals surface area (Å²) >= 11 is 12.4. The molecule has 0 saturated heterocycles. The van der Waals surface area contributed by atoms with Crippen molar-refractivity contribution < 1.29 is 4.74 Å². The molecule has 1 aliphatic carbocycles. The Morgan fingerprint density at radius 3 is 2.65 bits per heavy atom. The quantitative estimate of drug-likeness (QED) is 0.375. The summed E-state index contributed by atoms with van der Waals surface area (Å²) in [7, 11) is 1.66. The molecule has 0 radical (unpaired) electrons. The number of ether oxygens (including phenoxy) is 1. The molecule has 23 heavy (non-hydrogen) atoms. The molecule has 1 fully saturated rings. The molecular formula is C16H24Cl2IN3O. The highest BCUT2D eigenvalue weighted by Gasteiger charge is 2.40. The van der Waals surface area contributed by atoms with E-state index in [2.05, 4.69) is 10.3 Å². The summed E-state index contributed by atoms with van der Waals surface area (Å²) in [5.74, 6) is 0.445. The summed E-state index contributed by atoms with van der Waals surface area (Å²) in [6, 6.07) is 5.82. The van der Waals surface area contributed by atoms with E-state index < -0.39 is 0 Å². The number of rotatable bonds is 6. The lowest BCUT2D eigenvalue weighted by atomic mass is 9.64. The minimum absolute atomic E-state index is 0. The second-order valence-electron chi connectivity index (χ2n) is 5.96. The number of nitrogens with zero attached hydrogens (tertiary/aromatic N) is 1. The predicted octanol–water partition coefficient (Wildman–Crippen LogP) is 3.97. The van der Waals surface area contributed by atoms with Crippen molar-refractivity contribution in [1.29, 1.82) is 0 Å². The van der Waals surface area contributed by atoms with E-state index >= 15 is 0 Å². The van der Waals surface area contributed by atoms with Crippen molar-refractivity contribution in [1.82, 2.24) is 5.32 Å². The van der Waals surface area contributed by atoms with Gasteiger partial charge in [0.25, 0.3) is 0 Å². The van der Waals surface area contributed by atoms with Crippen molar-refractivity contribution in [3.63, 3.8) is 0 Å². The van der Waals surface area contributed by atoms with E-state index in [1.165, 1.54) is 6.42 Å². The highest BCUT2D eigenvalue weighted by molar-refractivity contribution is 14.0. The van der Waals surface area contributed by atoms with Crippen LogP contribution in [0, 0.1) is 0 Å². The Balaban J connectivity index is 0.00000264. The fraction of sp³-hybridized carbons (Fsp3) is 0.562. The van der Waals surface area contributed by atoms with Crippen molar-refractivity contribution in [2.45, 2.75) is 37.6 Å². The van der Waals surface area contributed by atoms with Crippen LogP contribution in [0.4, 0.5) is 0 Å². The maximum atomic E-state index is 6.37. The van der Waals surface area contributed by atoms with Gasteiger partial charge in [0.1, 0.15) is 0 Å². The van der Waals surface area contributed by atoms with Gasteiger partial charge >= 0.3 is 0 Å². The Labute approximate surface area is 165 Å². The Kier molecular flexibility index (Phi) is 8.41. The van der Waals surface area contributed by atoms with E-state index in [0.29, 0.717) is 29.2 Å². The number of hydrogen-bond donors (Lipinski definition) is 2. The number of nitrogens with one attached hydrogen (secondary N) is 1. The first-order chi connectivity index (χ1) is 10.5. The molecule has 0 spiro atoms. The second-order valence-corrected chi connectivity index (χ2v) is 6.80. The van der Waals surface area contributed by atoms with Crippen molar-refractivity contribution in [3.8, 4) is 0 Å². The monoisotopic (exact) mass is 471 g/mol. The maximum Gasteiger partial charge on any atom is 0.188 e. The Morgan fingerprint density at radius 1 is 1.43 bits per heavy atom. The van der Waals surface area contributed by atoms with Crippen LogP contribution in [0.25, 0.3) is 0 Å². The standard InChI is InChI=1S/C16H23Cl2N3O.HI/c1-11(9-22-2)21-15(19)20-10-16(6-3-7-16)13-5-4-12(17)8-14(13)18;/h4-5,8,11H,3,6-7,9-10H2,1-2H3,(H3,19,20,21);1H. The SMILES string of the molecule is COCC(C)NC(N)=NCC1(c2ccc(Cl)cc2Cl)CCC1.I. The number of hydrogen-bond acceptors (Lipinski definition) is 2. The highest BCUT2D eigenvalue weighted by Crippen LogP contribution is 2.46. The van der Waals surface area contributed by atoms with Crippen LogP contribution in [-0.4, -0.2) is 32.3 Å². The fourth-order valence-corrected chi connectivity index (χ4v) is 3.47. The zero-order valence-corrected chi connectivity index (χ0v) is 17.3. The molecule has 0 aliphatic heterocycles. The lowest BCUT2D eigenvalue weighted by Crippen LogP contribution is -2.43. The number of halogens is 3. The third-order valence-electron chi connectivity index (χ3n) is 4.18. The van der Waals surface area contributed by atoms with Gasteiger partial charge in [-0.1, -0.05) is 35.7 Å². The largest absolute Gasteiger partial charge is 0.383 e. The smallest absolute Gasteiger partial charge is 0.188 e. The molecule has 1 atom stereocenters. The summed E-state index contributed by atoms with van der Waals surface area (Å²) < 4.78 is 5.08. The van der Waals surface area contributed by atoms with Crippen LogP contribution in [-0.2, 0) is 10.2 Å². The molecule has 7 heteroatoms. The van der Waals surface area contributed by atoms with Crippen LogP contribution in [0.5, 0.6) is 0 Å². The van der Waals surface area contributed by atoms with E-state index in [1.54, 1.807) is 13.2 Å². The molecule has 3 N–H and O–H groups in total. The van der Waals surface area contributed by atoms with Crippen molar-refractivity contribution in [3.05, 3.63) is 33.8 Å². The zero-order valence-electron chi connectivity index (χ0n) is 13.4. The van der Waals surface area contributed by atoms with Gasteiger partial charge in [0, 0.05) is 28.6 Å². The predicted molar refractivity (Wildman–Crippen MR) is 108 cm³/mol. The average molecular weight is 472 g/mol. The van der Waals surface area contributed by atoms with Gasteiger partial charge in [-0.05, 0) is 37.5 Å². The summed E-state index contributed by atoms with van der Waals surface area (Å²) in [6.45, 7) is 3.22. The van der Waals surface area contributed by atoms with E-state index in [9.17, 15) is 0 Å².